The van der Waals surface area contributed by atoms with E-state index >= 15 is 0 Å². The minimum atomic E-state index is -2.81. The molecule has 72 valence electrons. The highest BCUT2D eigenvalue weighted by Gasteiger charge is 2.15. The second-order valence-corrected chi connectivity index (χ2v) is 2.67. The number of nitrogens with one attached hydrogen (secondary N) is 1. The lowest BCUT2D eigenvalue weighted by Crippen LogP contribution is -2.17. The van der Waals surface area contributed by atoms with Crippen molar-refractivity contribution < 1.29 is 8.78 Å². The van der Waals surface area contributed by atoms with Crippen molar-refractivity contribution in [3.05, 3.63) is 27.5 Å². The molecular weight excluding hydrogens is 202 g/mol. The van der Waals surface area contributed by atoms with Gasteiger partial charge in [0, 0.05) is 6.20 Å². The minimum absolute atomic E-state index is 0.0144. The van der Waals surface area contributed by atoms with Crippen LogP contribution in [0.2, 0.25) is 0 Å². The number of anilines is 1. The van der Waals surface area contributed by atoms with Gasteiger partial charge in [-0.25, -0.2) is 8.78 Å². The van der Waals surface area contributed by atoms with Gasteiger partial charge in [0.1, 0.15) is 5.82 Å². The number of aromatic nitrogens is 1. The number of alkyl halides is 3. The first-order valence-electron chi connectivity index (χ1n) is 3.42. The summed E-state index contributed by atoms with van der Waals surface area (Å²) < 4.78 is 24.3. The predicted molar refractivity (Wildman–Crippen MR) is 46.0 cm³/mol. The summed E-state index contributed by atoms with van der Waals surface area (Å²) >= 11 is 5.37. The SMILES string of the molecule is Nc1[nH]cc(C(F)F)c(=O)c1CCl. The van der Waals surface area contributed by atoms with Crippen LogP contribution in [0, 0.1) is 0 Å². The van der Waals surface area contributed by atoms with Gasteiger partial charge in [-0.05, 0) is 0 Å². The van der Waals surface area contributed by atoms with E-state index in [2.05, 4.69) is 4.98 Å². The molecule has 1 aromatic rings. The quantitative estimate of drug-likeness (QED) is 0.726. The fourth-order valence-corrected chi connectivity index (χ4v) is 1.16. The van der Waals surface area contributed by atoms with Crippen LogP contribution in [0.5, 0.6) is 0 Å². The third-order valence-electron chi connectivity index (χ3n) is 1.61. The number of nitrogens with two attached hydrogens (primary N) is 1. The third kappa shape index (κ3) is 1.80. The summed E-state index contributed by atoms with van der Waals surface area (Å²) in [5.41, 5.74) is 3.90. The summed E-state index contributed by atoms with van der Waals surface area (Å²) in [6.45, 7) is 0. The smallest absolute Gasteiger partial charge is 0.269 e. The molecule has 0 amide bonds. The maximum atomic E-state index is 12.2. The lowest BCUT2D eigenvalue weighted by molar-refractivity contribution is 0.149. The van der Waals surface area contributed by atoms with E-state index in [1.165, 1.54) is 0 Å². The summed E-state index contributed by atoms with van der Waals surface area (Å²) in [5, 5.41) is 0. The van der Waals surface area contributed by atoms with Crippen molar-refractivity contribution in [1.29, 1.82) is 0 Å². The van der Waals surface area contributed by atoms with Gasteiger partial charge in [0.2, 0.25) is 0 Å². The molecule has 0 saturated carbocycles. The number of hydrogen-bond donors (Lipinski definition) is 2. The van der Waals surface area contributed by atoms with Gasteiger partial charge >= 0.3 is 0 Å². The molecule has 1 aromatic heterocycles. The van der Waals surface area contributed by atoms with E-state index in [0.29, 0.717) is 0 Å². The van der Waals surface area contributed by atoms with Crippen LogP contribution in [-0.2, 0) is 5.88 Å². The summed E-state index contributed by atoms with van der Waals surface area (Å²) in [7, 11) is 0. The second-order valence-electron chi connectivity index (χ2n) is 2.40. The van der Waals surface area contributed by atoms with Gasteiger partial charge in [-0.3, -0.25) is 4.79 Å². The van der Waals surface area contributed by atoms with Crippen molar-refractivity contribution in [3.63, 3.8) is 0 Å². The summed E-state index contributed by atoms with van der Waals surface area (Å²) in [6, 6.07) is 0. The maximum absolute atomic E-state index is 12.2. The van der Waals surface area contributed by atoms with Crippen molar-refractivity contribution in [2.75, 3.05) is 5.73 Å². The molecule has 3 nitrogen and oxygen atoms in total. The molecule has 1 heterocycles. The molecule has 1 rings (SSSR count). The first kappa shape index (κ1) is 9.98. The van der Waals surface area contributed by atoms with E-state index in [9.17, 15) is 13.6 Å². The molecule has 0 atom stereocenters. The molecule has 0 bridgehead atoms. The lowest BCUT2D eigenvalue weighted by Gasteiger charge is -2.03. The largest absolute Gasteiger partial charge is 0.385 e. The summed E-state index contributed by atoms with van der Waals surface area (Å²) in [6.07, 6.45) is -1.91. The average molecular weight is 209 g/mol. The topological polar surface area (TPSA) is 58.9 Å². The number of rotatable bonds is 2. The molecule has 0 fully saturated rings. The normalized spacial score (nSPS) is 10.8. The zero-order chi connectivity index (χ0) is 10.0. The number of H-pyrrole nitrogens is 1. The van der Waals surface area contributed by atoms with Crippen molar-refractivity contribution in [1.82, 2.24) is 4.98 Å². The fraction of sp³-hybridized carbons (Fsp3) is 0.286. The predicted octanol–water partition coefficient (Wildman–Crippen LogP) is 1.63. The Kier molecular flexibility index (Phi) is 2.87. The molecule has 0 aromatic carbocycles. The molecule has 13 heavy (non-hydrogen) atoms. The number of aromatic amines is 1. The average Bonchev–Trinajstić information content (AvgIpc) is 2.04. The Labute approximate surface area is 77.5 Å². The van der Waals surface area contributed by atoms with Crippen molar-refractivity contribution in [2.45, 2.75) is 12.3 Å². The summed E-state index contributed by atoms with van der Waals surface area (Å²) in [5.74, 6) is -0.147. The molecule has 0 aliphatic heterocycles. The zero-order valence-electron chi connectivity index (χ0n) is 6.48. The van der Waals surface area contributed by atoms with Crippen LogP contribution in [-0.4, -0.2) is 4.98 Å². The van der Waals surface area contributed by atoms with Crippen LogP contribution in [0.1, 0.15) is 17.6 Å². The Hall–Kier alpha value is -1.10. The lowest BCUT2D eigenvalue weighted by atomic mass is 10.2. The number of halogens is 3. The van der Waals surface area contributed by atoms with E-state index in [1.807, 2.05) is 0 Å². The Morgan fingerprint density at radius 2 is 2.23 bits per heavy atom. The molecule has 0 spiro atoms. The van der Waals surface area contributed by atoms with Gasteiger partial charge < -0.3 is 10.7 Å². The van der Waals surface area contributed by atoms with Crippen LogP contribution in [0.4, 0.5) is 14.6 Å². The Morgan fingerprint density at radius 1 is 1.62 bits per heavy atom. The van der Waals surface area contributed by atoms with E-state index in [4.69, 9.17) is 17.3 Å². The molecule has 3 N–H and O–H groups in total. The first-order valence-corrected chi connectivity index (χ1v) is 3.95. The van der Waals surface area contributed by atoms with Crippen molar-refractivity contribution >= 4 is 17.4 Å². The zero-order valence-corrected chi connectivity index (χ0v) is 7.24. The number of nitrogen functional groups attached to an aromatic ring is 1. The summed E-state index contributed by atoms with van der Waals surface area (Å²) in [4.78, 5) is 13.6. The Morgan fingerprint density at radius 3 is 2.69 bits per heavy atom. The molecule has 6 heteroatoms. The van der Waals surface area contributed by atoms with Crippen LogP contribution in [0.25, 0.3) is 0 Å². The Balaban J connectivity index is 3.37. The van der Waals surface area contributed by atoms with Gasteiger partial charge in [0.25, 0.3) is 6.43 Å². The van der Waals surface area contributed by atoms with E-state index in [0.717, 1.165) is 6.20 Å². The van der Waals surface area contributed by atoms with E-state index in [1.54, 1.807) is 0 Å². The van der Waals surface area contributed by atoms with Gasteiger partial charge in [0.05, 0.1) is 17.0 Å². The van der Waals surface area contributed by atoms with Gasteiger partial charge in [-0.2, -0.15) is 0 Å². The first-order chi connectivity index (χ1) is 6.07. The molecule has 0 aliphatic rings. The minimum Gasteiger partial charge on any atom is -0.385 e. The van der Waals surface area contributed by atoms with Crippen LogP contribution < -0.4 is 11.2 Å². The van der Waals surface area contributed by atoms with Crippen LogP contribution in [0.3, 0.4) is 0 Å². The standard InChI is InChI=1S/C7H7ClF2N2O/c8-1-3-5(13)4(6(9)10)2-12-7(3)11/h2,6H,1H2,(H3,11,12,13). The maximum Gasteiger partial charge on any atom is 0.269 e. The number of pyridine rings is 1. The Bertz CT molecular complexity index is 364. The van der Waals surface area contributed by atoms with E-state index in [-0.39, 0.29) is 17.3 Å². The van der Waals surface area contributed by atoms with Gasteiger partial charge in [0.15, 0.2) is 5.43 Å². The van der Waals surface area contributed by atoms with Crippen molar-refractivity contribution in [2.24, 2.45) is 0 Å². The molecule has 0 saturated heterocycles. The van der Waals surface area contributed by atoms with Gasteiger partial charge in [-0.15, -0.1) is 11.6 Å². The van der Waals surface area contributed by atoms with Gasteiger partial charge in [-0.1, -0.05) is 0 Å². The molecular formula is C7H7ClF2N2O. The highest BCUT2D eigenvalue weighted by molar-refractivity contribution is 6.17. The fourth-order valence-electron chi connectivity index (χ4n) is 0.899. The van der Waals surface area contributed by atoms with Crippen LogP contribution in [0.15, 0.2) is 11.0 Å². The highest BCUT2D eigenvalue weighted by Crippen LogP contribution is 2.16. The number of hydrogen-bond acceptors (Lipinski definition) is 2. The molecule has 0 radical (unpaired) electrons. The van der Waals surface area contributed by atoms with Crippen LogP contribution >= 0.6 is 11.6 Å². The second kappa shape index (κ2) is 3.74. The highest BCUT2D eigenvalue weighted by atomic mass is 35.5. The van der Waals surface area contributed by atoms with Crippen molar-refractivity contribution in [3.8, 4) is 0 Å². The third-order valence-corrected chi connectivity index (χ3v) is 1.88. The molecule has 0 aliphatic carbocycles. The molecule has 0 unspecified atom stereocenters. The monoisotopic (exact) mass is 208 g/mol. The van der Waals surface area contributed by atoms with E-state index < -0.39 is 17.4 Å².